The van der Waals surface area contributed by atoms with Gasteiger partial charge in [0.15, 0.2) is 0 Å². The summed E-state index contributed by atoms with van der Waals surface area (Å²) in [5.74, 6) is -0.459. The summed E-state index contributed by atoms with van der Waals surface area (Å²) in [6.45, 7) is 8.15. The summed E-state index contributed by atoms with van der Waals surface area (Å²) in [5, 5.41) is 0. The van der Waals surface area contributed by atoms with Crippen molar-refractivity contribution >= 4 is 11.6 Å². The number of rotatable bonds is 3. The van der Waals surface area contributed by atoms with E-state index in [9.17, 15) is 9.18 Å². The Morgan fingerprint density at radius 1 is 1.33 bits per heavy atom. The number of nitrogens with zero attached hydrogens (tertiary/aromatic N) is 1. The summed E-state index contributed by atoms with van der Waals surface area (Å²) in [6, 6.07) is 5.28. The van der Waals surface area contributed by atoms with Crippen LogP contribution in [-0.2, 0) is 4.79 Å². The fourth-order valence-electron chi connectivity index (χ4n) is 1.63. The Bertz CT molecular complexity index is 409. The first-order chi connectivity index (χ1) is 8.27. The van der Waals surface area contributed by atoms with Gasteiger partial charge < -0.3 is 10.6 Å². The van der Waals surface area contributed by atoms with Crippen LogP contribution in [0.3, 0.4) is 0 Å². The average Bonchev–Trinajstić information content (AvgIpc) is 2.30. The third kappa shape index (κ3) is 3.29. The predicted octanol–water partition coefficient (Wildman–Crippen LogP) is 2.55. The lowest BCUT2D eigenvalue weighted by Crippen LogP contribution is -2.50. The Kier molecular flexibility index (Phi) is 4.46. The SMILES string of the molecule is CCN(C(=O)C(N)C(C)(C)C)c1ccc(F)cc1. The molecule has 3 nitrogen and oxygen atoms in total. The van der Waals surface area contributed by atoms with E-state index >= 15 is 0 Å². The van der Waals surface area contributed by atoms with E-state index in [0.717, 1.165) is 0 Å². The molecule has 1 aromatic rings. The molecule has 18 heavy (non-hydrogen) atoms. The van der Waals surface area contributed by atoms with Crippen molar-refractivity contribution < 1.29 is 9.18 Å². The van der Waals surface area contributed by atoms with Crippen molar-refractivity contribution in [3.63, 3.8) is 0 Å². The lowest BCUT2D eigenvalue weighted by molar-refractivity contribution is -0.121. The van der Waals surface area contributed by atoms with Crippen LogP contribution >= 0.6 is 0 Å². The molecule has 0 saturated heterocycles. The Morgan fingerprint density at radius 3 is 2.22 bits per heavy atom. The molecule has 1 amide bonds. The standard InChI is InChI=1S/C14H21FN2O/c1-5-17(11-8-6-10(15)7-9-11)13(18)12(16)14(2,3)4/h6-9,12H,5,16H2,1-4H3. The minimum absolute atomic E-state index is 0.142. The molecule has 0 spiro atoms. The van der Waals surface area contributed by atoms with Gasteiger partial charge in [-0.15, -0.1) is 0 Å². The van der Waals surface area contributed by atoms with Crippen molar-refractivity contribution in [3.05, 3.63) is 30.1 Å². The van der Waals surface area contributed by atoms with Crippen LogP contribution in [0.2, 0.25) is 0 Å². The van der Waals surface area contributed by atoms with E-state index in [4.69, 9.17) is 5.73 Å². The van der Waals surface area contributed by atoms with Crippen LogP contribution in [0.1, 0.15) is 27.7 Å². The van der Waals surface area contributed by atoms with Gasteiger partial charge in [-0.25, -0.2) is 4.39 Å². The van der Waals surface area contributed by atoms with Crippen molar-refractivity contribution in [1.29, 1.82) is 0 Å². The molecule has 0 fully saturated rings. The van der Waals surface area contributed by atoms with Crippen LogP contribution in [0.5, 0.6) is 0 Å². The highest BCUT2D eigenvalue weighted by Gasteiger charge is 2.31. The van der Waals surface area contributed by atoms with E-state index < -0.39 is 6.04 Å². The maximum absolute atomic E-state index is 12.9. The fourth-order valence-corrected chi connectivity index (χ4v) is 1.63. The third-order valence-corrected chi connectivity index (χ3v) is 2.92. The highest BCUT2D eigenvalue weighted by Crippen LogP contribution is 2.22. The van der Waals surface area contributed by atoms with E-state index in [1.807, 2.05) is 27.7 Å². The molecule has 1 rings (SSSR count). The van der Waals surface area contributed by atoms with Gasteiger partial charge in [0.2, 0.25) is 5.91 Å². The number of likely N-dealkylation sites (N-methyl/N-ethyl adjacent to an activating group) is 1. The summed E-state index contributed by atoms with van der Waals surface area (Å²) in [6.07, 6.45) is 0. The molecule has 2 N–H and O–H groups in total. The molecule has 0 saturated carbocycles. The van der Waals surface area contributed by atoms with Gasteiger partial charge in [0.25, 0.3) is 0 Å². The zero-order valence-corrected chi connectivity index (χ0v) is 11.4. The van der Waals surface area contributed by atoms with Gasteiger partial charge in [-0.1, -0.05) is 20.8 Å². The highest BCUT2D eigenvalue weighted by molar-refractivity contribution is 5.97. The largest absolute Gasteiger partial charge is 0.319 e. The summed E-state index contributed by atoms with van der Waals surface area (Å²) < 4.78 is 12.9. The van der Waals surface area contributed by atoms with Crippen LogP contribution in [-0.4, -0.2) is 18.5 Å². The van der Waals surface area contributed by atoms with Gasteiger partial charge in [-0.2, -0.15) is 0 Å². The Labute approximate surface area is 108 Å². The number of hydrogen-bond acceptors (Lipinski definition) is 2. The first kappa shape index (κ1) is 14.6. The first-order valence-corrected chi connectivity index (χ1v) is 6.10. The van der Waals surface area contributed by atoms with Gasteiger partial charge in [-0.05, 0) is 36.6 Å². The number of benzene rings is 1. The molecule has 0 aliphatic heterocycles. The Balaban J connectivity index is 2.97. The van der Waals surface area contributed by atoms with Crippen molar-refractivity contribution in [3.8, 4) is 0 Å². The van der Waals surface area contributed by atoms with E-state index in [1.165, 1.54) is 12.1 Å². The number of hydrogen-bond donors (Lipinski definition) is 1. The van der Waals surface area contributed by atoms with Crippen LogP contribution < -0.4 is 10.6 Å². The lowest BCUT2D eigenvalue weighted by atomic mass is 9.86. The molecule has 0 bridgehead atoms. The van der Waals surface area contributed by atoms with Crippen LogP contribution in [0.25, 0.3) is 0 Å². The maximum atomic E-state index is 12.9. The van der Waals surface area contributed by atoms with Crippen LogP contribution in [0.4, 0.5) is 10.1 Å². The molecule has 0 radical (unpaired) electrons. The summed E-state index contributed by atoms with van der Waals surface area (Å²) in [5.41, 5.74) is 6.34. The second-order valence-corrected chi connectivity index (χ2v) is 5.40. The van der Waals surface area contributed by atoms with Gasteiger partial charge in [0.1, 0.15) is 5.82 Å². The highest BCUT2D eigenvalue weighted by atomic mass is 19.1. The maximum Gasteiger partial charge on any atom is 0.244 e. The van der Waals surface area contributed by atoms with Gasteiger partial charge >= 0.3 is 0 Å². The molecule has 100 valence electrons. The zero-order valence-electron chi connectivity index (χ0n) is 11.4. The summed E-state index contributed by atoms with van der Waals surface area (Å²) >= 11 is 0. The topological polar surface area (TPSA) is 46.3 Å². The molecule has 0 aliphatic rings. The van der Waals surface area contributed by atoms with E-state index in [-0.39, 0.29) is 17.1 Å². The minimum atomic E-state index is -0.581. The first-order valence-electron chi connectivity index (χ1n) is 6.10. The van der Waals surface area contributed by atoms with Gasteiger partial charge in [0, 0.05) is 12.2 Å². The second kappa shape index (κ2) is 5.48. The van der Waals surface area contributed by atoms with Crippen molar-refractivity contribution in [1.82, 2.24) is 0 Å². The normalized spacial score (nSPS) is 13.2. The summed E-state index contributed by atoms with van der Waals surface area (Å²) in [4.78, 5) is 13.9. The molecule has 1 aromatic carbocycles. The third-order valence-electron chi connectivity index (χ3n) is 2.92. The second-order valence-electron chi connectivity index (χ2n) is 5.40. The van der Waals surface area contributed by atoms with E-state index in [2.05, 4.69) is 0 Å². The van der Waals surface area contributed by atoms with Gasteiger partial charge in [0.05, 0.1) is 6.04 Å². The molecule has 1 atom stereocenters. The Hall–Kier alpha value is -1.42. The Morgan fingerprint density at radius 2 is 1.83 bits per heavy atom. The van der Waals surface area contributed by atoms with Gasteiger partial charge in [-0.3, -0.25) is 4.79 Å². The molecule has 1 unspecified atom stereocenters. The minimum Gasteiger partial charge on any atom is -0.319 e. The predicted molar refractivity (Wildman–Crippen MR) is 71.9 cm³/mol. The number of carbonyl (C=O) groups is 1. The lowest BCUT2D eigenvalue weighted by Gasteiger charge is -2.31. The average molecular weight is 252 g/mol. The van der Waals surface area contributed by atoms with Crippen molar-refractivity contribution in [2.24, 2.45) is 11.1 Å². The number of nitrogens with two attached hydrogens (primary N) is 1. The molecular formula is C14H21FN2O. The van der Waals surface area contributed by atoms with E-state index in [0.29, 0.717) is 12.2 Å². The van der Waals surface area contributed by atoms with E-state index in [1.54, 1.807) is 17.0 Å². The van der Waals surface area contributed by atoms with Crippen molar-refractivity contribution in [2.45, 2.75) is 33.7 Å². The number of anilines is 1. The molecule has 0 aliphatic carbocycles. The smallest absolute Gasteiger partial charge is 0.244 e. The zero-order chi connectivity index (χ0) is 13.9. The molecule has 4 heteroatoms. The monoisotopic (exact) mass is 252 g/mol. The quantitative estimate of drug-likeness (QED) is 0.898. The van der Waals surface area contributed by atoms with Crippen molar-refractivity contribution in [2.75, 3.05) is 11.4 Å². The number of carbonyl (C=O) groups excluding carboxylic acids is 1. The number of halogens is 1. The molecule has 0 aromatic heterocycles. The summed E-state index contributed by atoms with van der Waals surface area (Å²) in [7, 11) is 0. The van der Waals surface area contributed by atoms with Crippen LogP contribution in [0.15, 0.2) is 24.3 Å². The van der Waals surface area contributed by atoms with Crippen LogP contribution in [0, 0.1) is 11.2 Å². The molecular weight excluding hydrogens is 231 g/mol. The molecule has 0 heterocycles. The fraction of sp³-hybridized carbons (Fsp3) is 0.500. The number of amides is 1.